The molecule has 1 saturated heterocycles. The van der Waals surface area contributed by atoms with Gasteiger partial charge < -0.3 is 9.80 Å². The molecular weight excluding hydrogens is 340 g/mol. The van der Waals surface area contributed by atoms with E-state index in [9.17, 15) is 9.59 Å². The van der Waals surface area contributed by atoms with Gasteiger partial charge in [-0.25, -0.2) is 0 Å². The Morgan fingerprint density at radius 1 is 1.19 bits per heavy atom. The Balaban J connectivity index is 1.77. The maximum Gasteiger partial charge on any atom is 0.272 e. The van der Waals surface area contributed by atoms with Gasteiger partial charge in [0.2, 0.25) is 5.91 Å². The third-order valence-electron chi connectivity index (χ3n) is 5.11. The van der Waals surface area contributed by atoms with Crippen molar-refractivity contribution in [3.8, 4) is 0 Å². The fourth-order valence-electron chi connectivity index (χ4n) is 3.62. The molecule has 1 fully saturated rings. The van der Waals surface area contributed by atoms with E-state index in [0.29, 0.717) is 31.7 Å². The highest BCUT2D eigenvalue weighted by Crippen LogP contribution is 2.19. The lowest BCUT2D eigenvalue weighted by Crippen LogP contribution is -2.44. The molecule has 0 radical (unpaired) electrons. The van der Waals surface area contributed by atoms with Crippen molar-refractivity contribution in [2.75, 3.05) is 13.1 Å². The molecule has 0 aliphatic carbocycles. The average molecular weight is 368 g/mol. The van der Waals surface area contributed by atoms with Crippen LogP contribution in [0, 0.1) is 0 Å². The van der Waals surface area contributed by atoms with Gasteiger partial charge >= 0.3 is 0 Å². The van der Waals surface area contributed by atoms with Gasteiger partial charge in [-0.05, 0) is 24.5 Å². The lowest BCUT2D eigenvalue weighted by Gasteiger charge is -2.31. The fourth-order valence-corrected chi connectivity index (χ4v) is 3.62. The molecule has 0 bridgehead atoms. The predicted molar refractivity (Wildman–Crippen MR) is 104 cm³/mol. The van der Waals surface area contributed by atoms with Gasteiger partial charge in [0, 0.05) is 44.8 Å². The Morgan fingerprint density at radius 2 is 1.96 bits per heavy atom. The molecule has 1 aliphatic rings. The van der Waals surface area contributed by atoms with Gasteiger partial charge in [-0.1, -0.05) is 44.2 Å². The van der Waals surface area contributed by atoms with Crippen LogP contribution in [0.2, 0.25) is 0 Å². The van der Waals surface area contributed by atoms with Gasteiger partial charge in [0.15, 0.2) is 0 Å². The largest absolute Gasteiger partial charge is 0.335 e. The molecule has 1 aliphatic heterocycles. The molecule has 0 saturated carbocycles. The molecule has 144 valence electrons. The summed E-state index contributed by atoms with van der Waals surface area (Å²) in [6.07, 6.45) is 3.77. The van der Waals surface area contributed by atoms with Crippen LogP contribution in [0.1, 0.15) is 49.2 Å². The molecule has 2 aromatic rings. The van der Waals surface area contributed by atoms with Crippen LogP contribution in [-0.2, 0) is 17.9 Å². The number of aryl methyl sites for hydroxylation is 1. The van der Waals surface area contributed by atoms with Crippen molar-refractivity contribution in [2.45, 2.75) is 52.2 Å². The Kier molecular flexibility index (Phi) is 6.27. The fraction of sp³-hybridized carbons (Fsp3) is 0.476. The summed E-state index contributed by atoms with van der Waals surface area (Å²) in [7, 11) is 0. The summed E-state index contributed by atoms with van der Waals surface area (Å²) in [6.45, 7) is 6.47. The van der Waals surface area contributed by atoms with Gasteiger partial charge in [-0.3, -0.25) is 14.3 Å². The van der Waals surface area contributed by atoms with Gasteiger partial charge in [-0.2, -0.15) is 5.10 Å². The van der Waals surface area contributed by atoms with E-state index in [-0.39, 0.29) is 17.9 Å². The molecule has 2 amide bonds. The predicted octanol–water partition coefficient (Wildman–Crippen LogP) is 2.95. The minimum Gasteiger partial charge on any atom is -0.335 e. The quantitative estimate of drug-likeness (QED) is 0.788. The van der Waals surface area contributed by atoms with Crippen molar-refractivity contribution in [2.24, 2.45) is 0 Å². The maximum atomic E-state index is 13.1. The van der Waals surface area contributed by atoms with Crippen LogP contribution in [0.3, 0.4) is 0 Å². The van der Waals surface area contributed by atoms with Crippen LogP contribution >= 0.6 is 0 Å². The topological polar surface area (TPSA) is 58.4 Å². The standard InChI is InChI=1S/C21H28N4O2/c1-3-13-25-19(10-12-22-25)21(27)23-14-11-20(26)24(18(4-2)16-23)15-17-8-6-5-7-9-17/h5-10,12,18H,3-4,11,13-16H2,1-2H3/t18-/m0/s1. The van der Waals surface area contributed by atoms with Crippen LogP contribution in [0.15, 0.2) is 42.6 Å². The monoisotopic (exact) mass is 368 g/mol. The first-order valence-corrected chi connectivity index (χ1v) is 9.78. The minimum atomic E-state index is -0.0336. The first kappa shape index (κ1) is 19.1. The molecule has 1 atom stereocenters. The van der Waals surface area contributed by atoms with E-state index in [4.69, 9.17) is 0 Å². The number of aromatic nitrogens is 2. The summed E-state index contributed by atoms with van der Waals surface area (Å²) in [4.78, 5) is 29.6. The summed E-state index contributed by atoms with van der Waals surface area (Å²) >= 11 is 0. The Hall–Kier alpha value is -2.63. The van der Waals surface area contributed by atoms with Gasteiger partial charge in [0.1, 0.15) is 5.69 Å². The van der Waals surface area contributed by atoms with Crippen LogP contribution < -0.4 is 0 Å². The van der Waals surface area contributed by atoms with Crippen LogP contribution in [0.25, 0.3) is 0 Å². The second kappa shape index (κ2) is 8.84. The van der Waals surface area contributed by atoms with Crippen molar-refractivity contribution in [1.29, 1.82) is 0 Å². The summed E-state index contributed by atoms with van der Waals surface area (Å²) in [6, 6.07) is 11.8. The van der Waals surface area contributed by atoms with Crippen LogP contribution in [-0.4, -0.2) is 50.5 Å². The van der Waals surface area contributed by atoms with Gasteiger partial charge in [0.25, 0.3) is 5.91 Å². The Bertz CT molecular complexity index is 771. The zero-order valence-electron chi connectivity index (χ0n) is 16.2. The first-order chi connectivity index (χ1) is 13.1. The molecule has 1 aromatic carbocycles. The number of amides is 2. The zero-order valence-corrected chi connectivity index (χ0v) is 16.2. The van der Waals surface area contributed by atoms with Crippen molar-refractivity contribution < 1.29 is 9.59 Å². The normalized spacial score (nSPS) is 17.9. The second-order valence-corrected chi connectivity index (χ2v) is 7.01. The van der Waals surface area contributed by atoms with E-state index in [1.54, 1.807) is 16.9 Å². The van der Waals surface area contributed by atoms with Gasteiger partial charge in [-0.15, -0.1) is 0 Å². The van der Waals surface area contributed by atoms with E-state index in [1.165, 1.54) is 0 Å². The summed E-state index contributed by atoms with van der Waals surface area (Å²) in [5.41, 5.74) is 1.72. The molecule has 0 spiro atoms. The highest BCUT2D eigenvalue weighted by molar-refractivity contribution is 5.93. The summed E-state index contributed by atoms with van der Waals surface area (Å²) in [5.74, 6) is 0.0804. The van der Waals surface area contributed by atoms with E-state index in [2.05, 4.69) is 18.9 Å². The van der Waals surface area contributed by atoms with Crippen LogP contribution in [0.5, 0.6) is 0 Å². The lowest BCUT2D eigenvalue weighted by atomic mass is 10.1. The van der Waals surface area contributed by atoms with E-state index in [0.717, 1.165) is 24.9 Å². The zero-order chi connectivity index (χ0) is 19.2. The number of carbonyl (C=O) groups excluding carboxylic acids is 2. The van der Waals surface area contributed by atoms with E-state index in [1.807, 2.05) is 40.1 Å². The molecule has 6 heteroatoms. The highest BCUT2D eigenvalue weighted by atomic mass is 16.2. The number of hydrogen-bond donors (Lipinski definition) is 0. The van der Waals surface area contributed by atoms with Crippen molar-refractivity contribution >= 4 is 11.8 Å². The molecule has 0 unspecified atom stereocenters. The Labute approximate surface area is 160 Å². The summed E-state index contributed by atoms with van der Waals surface area (Å²) in [5, 5.41) is 4.26. The number of hydrogen-bond acceptors (Lipinski definition) is 3. The number of carbonyl (C=O) groups is 2. The second-order valence-electron chi connectivity index (χ2n) is 7.01. The molecule has 27 heavy (non-hydrogen) atoms. The van der Waals surface area contributed by atoms with Crippen LogP contribution in [0.4, 0.5) is 0 Å². The molecule has 1 aromatic heterocycles. The number of rotatable bonds is 6. The molecule has 3 rings (SSSR count). The maximum absolute atomic E-state index is 13.1. The number of nitrogens with zero attached hydrogens (tertiary/aromatic N) is 4. The lowest BCUT2D eigenvalue weighted by molar-refractivity contribution is -0.133. The van der Waals surface area contributed by atoms with Crippen molar-refractivity contribution in [1.82, 2.24) is 19.6 Å². The molecule has 6 nitrogen and oxygen atoms in total. The highest BCUT2D eigenvalue weighted by Gasteiger charge is 2.31. The van der Waals surface area contributed by atoms with Gasteiger partial charge in [0.05, 0.1) is 0 Å². The molecule has 0 N–H and O–H groups in total. The summed E-state index contributed by atoms with van der Waals surface area (Å²) < 4.78 is 1.76. The minimum absolute atomic E-state index is 0.0201. The molecular formula is C21H28N4O2. The third kappa shape index (κ3) is 4.38. The molecule has 2 heterocycles. The third-order valence-corrected chi connectivity index (χ3v) is 5.11. The Morgan fingerprint density at radius 3 is 2.67 bits per heavy atom. The van der Waals surface area contributed by atoms with E-state index < -0.39 is 0 Å². The average Bonchev–Trinajstić information content (AvgIpc) is 3.09. The van der Waals surface area contributed by atoms with E-state index >= 15 is 0 Å². The van der Waals surface area contributed by atoms with Crippen molar-refractivity contribution in [3.05, 3.63) is 53.9 Å². The number of benzene rings is 1. The smallest absolute Gasteiger partial charge is 0.272 e. The van der Waals surface area contributed by atoms with Crippen molar-refractivity contribution in [3.63, 3.8) is 0 Å². The SMILES string of the molecule is CCCn1nccc1C(=O)N1CCC(=O)N(Cc2ccccc2)[C@@H](CC)C1. The first-order valence-electron chi connectivity index (χ1n) is 9.78.